The molecule has 1 aromatic heterocycles. The van der Waals surface area contributed by atoms with Gasteiger partial charge in [0, 0.05) is 23.5 Å². The van der Waals surface area contributed by atoms with E-state index >= 15 is 0 Å². The van der Waals surface area contributed by atoms with Crippen LogP contribution in [0.4, 0.5) is 0 Å². The number of nitrogens with zero attached hydrogens (tertiary/aromatic N) is 1. The monoisotopic (exact) mass is 257 g/mol. The molecule has 1 heterocycles. The molecular formula is C15H15NO3. The quantitative estimate of drug-likeness (QED) is 0.790. The van der Waals surface area contributed by atoms with E-state index in [0.29, 0.717) is 17.1 Å². The van der Waals surface area contributed by atoms with Crippen LogP contribution in [0.5, 0.6) is 11.5 Å². The Morgan fingerprint density at radius 2 is 1.74 bits per heavy atom. The van der Waals surface area contributed by atoms with Crippen molar-refractivity contribution in [2.45, 2.75) is 6.92 Å². The molecule has 0 atom stereocenters. The second-order valence-electron chi connectivity index (χ2n) is 4.16. The van der Waals surface area contributed by atoms with Crippen molar-refractivity contribution in [1.29, 1.82) is 0 Å². The number of hydrogen-bond donors (Lipinski definition) is 0. The fraction of sp³-hybridized carbons (Fsp3) is 0.200. The molecule has 4 nitrogen and oxygen atoms in total. The average molecular weight is 257 g/mol. The fourth-order valence-electron chi connectivity index (χ4n) is 1.94. The van der Waals surface area contributed by atoms with Gasteiger partial charge in [-0.1, -0.05) is 0 Å². The second-order valence-corrected chi connectivity index (χ2v) is 4.16. The highest BCUT2D eigenvalue weighted by atomic mass is 16.5. The molecular weight excluding hydrogens is 242 g/mol. The van der Waals surface area contributed by atoms with E-state index in [1.807, 2.05) is 13.0 Å². The lowest BCUT2D eigenvalue weighted by atomic mass is 10.00. The summed E-state index contributed by atoms with van der Waals surface area (Å²) in [5.41, 5.74) is 3.24. The SMILES string of the molecule is COc1cc(C=O)c(-c2cncc(C)c2)cc1OC. The molecule has 19 heavy (non-hydrogen) atoms. The first-order chi connectivity index (χ1) is 9.19. The summed E-state index contributed by atoms with van der Waals surface area (Å²) >= 11 is 0. The first kappa shape index (κ1) is 13.1. The number of ether oxygens (including phenoxy) is 2. The van der Waals surface area contributed by atoms with Crippen LogP contribution in [0, 0.1) is 6.92 Å². The summed E-state index contributed by atoms with van der Waals surface area (Å²) in [6.45, 7) is 1.96. The molecule has 1 aromatic carbocycles. The van der Waals surface area contributed by atoms with E-state index in [-0.39, 0.29) is 0 Å². The zero-order valence-electron chi connectivity index (χ0n) is 11.1. The summed E-state index contributed by atoms with van der Waals surface area (Å²) in [5, 5.41) is 0. The average Bonchev–Trinajstić information content (AvgIpc) is 2.45. The smallest absolute Gasteiger partial charge is 0.161 e. The Labute approximate surface area is 112 Å². The van der Waals surface area contributed by atoms with Crippen molar-refractivity contribution in [2.24, 2.45) is 0 Å². The molecule has 0 saturated heterocycles. The van der Waals surface area contributed by atoms with Gasteiger partial charge >= 0.3 is 0 Å². The number of hydrogen-bond acceptors (Lipinski definition) is 4. The van der Waals surface area contributed by atoms with Crippen molar-refractivity contribution in [3.63, 3.8) is 0 Å². The van der Waals surface area contributed by atoms with Gasteiger partial charge in [0.1, 0.15) is 0 Å². The molecule has 4 heteroatoms. The van der Waals surface area contributed by atoms with E-state index in [4.69, 9.17) is 9.47 Å². The van der Waals surface area contributed by atoms with Gasteiger partial charge < -0.3 is 9.47 Å². The van der Waals surface area contributed by atoms with Gasteiger partial charge in [0.2, 0.25) is 0 Å². The number of methoxy groups -OCH3 is 2. The minimum atomic E-state index is 0.536. The summed E-state index contributed by atoms with van der Waals surface area (Å²) in [4.78, 5) is 15.4. The number of rotatable bonds is 4. The molecule has 0 saturated carbocycles. The lowest BCUT2D eigenvalue weighted by molar-refractivity contribution is 0.112. The largest absolute Gasteiger partial charge is 0.493 e. The van der Waals surface area contributed by atoms with Gasteiger partial charge in [-0.05, 0) is 36.2 Å². The predicted octanol–water partition coefficient (Wildman–Crippen LogP) is 2.89. The molecule has 98 valence electrons. The summed E-state index contributed by atoms with van der Waals surface area (Å²) in [5.74, 6) is 1.12. The molecule has 2 aromatic rings. The second kappa shape index (κ2) is 5.52. The lowest BCUT2D eigenvalue weighted by Gasteiger charge is -2.12. The molecule has 0 unspecified atom stereocenters. The highest BCUT2D eigenvalue weighted by Crippen LogP contribution is 2.34. The third-order valence-corrected chi connectivity index (χ3v) is 2.87. The standard InChI is InChI=1S/C15H15NO3/c1-10-4-11(8-16-7-10)13-6-15(19-3)14(18-2)5-12(13)9-17/h4-9H,1-3H3. The van der Waals surface area contributed by atoms with Crippen molar-refractivity contribution in [3.8, 4) is 22.6 Å². The number of aryl methyl sites for hydroxylation is 1. The van der Waals surface area contributed by atoms with Crippen LogP contribution in [0.1, 0.15) is 15.9 Å². The van der Waals surface area contributed by atoms with Crippen LogP contribution < -0.4 is 9.47 Å². The van der Waals surface area contributed by atoms with Gasteiger partial charge in [-0.15, -0.1) is 0 Å². The van der Waals surface area contributed by atoms with Crippen LogP contribution in [0.15, 0.2) is 30.6 Å². The third-order valence-electron chi connectivity index (χ3n) is 2.87. The van der Waals surface area contributed by atoms with Crippen LogP contribution >= 0.6 is 0 Å². The Hall–Kier alpha value is -2.36. The van der Waals surface area contributed by atoms with Crippen LogP contribution in [-0.2, 0) is 0 Å². The van der Waals surface area contributed by atoms with Crippen LogP contribution in [0.3, 0.4) is 0 Å². The maximum atomic E-state index is 11.2. The first-order valence-corrected chi connectivity index (χ1v) is 5.82. The topological polar surface area (TPSA) is 48.4 Å². The van der Waals surface area contributed by atoms with Crippen molar-refractivity contribution in [3.05, 3.63) is 41.7 Å². The van der Waals surface area contributed by atoms with E-state index in [0.717, 1.165) is 23.0 Å². The van der Waals surface area contributed by atoms with Crippen molar-refractivity contribution in [2.75, 3.05) is 14.2 Å². The Kier molecular flexibility index (Phi) is 3.80. The molecule has 0 aliphatic rings. The Bertz CT molecular complexity index is 608. The van der Waals surface area contributed by atoms with Crippen molar-refractivity contribution >= 4 is 6.29 Å². The number of aldehydes is 1. The number of pyridine rings is 1. The Morgan fingerprint density at radius 1 is 1.05 bits per heavy atom. The summed E-state index contributed by atoms with van der Waals surface area (Å²) in [7, 11) is 3.11. The third kappa shape index (κ3) is 2.57. The summed E-state index contributed by atoms with van der Waals surface area (Å²) < 4.78 is 10.5. The van der Waals surface area contributed by atoms with E-state index in [1.165, 1.54) is 0 Å². The molecule has 0 fully saturated rings. The number of carbonyl (C=O) groups is 1. The summed E-state index contributed by atoms with van der Waals surface area (Å²) in [6.07, 6.45) is 4.30. The Morgan fingerprint density at radius 3 is 2.32 bits per heavy atom. The van der Waals surface area contributed by atoms with Crippen molar-refractivity contribution in [1.82, 2.24) is 4.98 Å². The van der Waals surface area contributed by atoms with Gasteiger partial charge in [0.25, 0.3) is 0 Å². The molecule has 0 aliphatic carbocycles. The Balaban J connectivity index is 2.65. The van der Waals surface area contributed by atoms with E-state index in [2.05, 4.69) is 4.98 Å². The highest BCUT2D eigenvalue weighted by molar-refractivity contribution is 5.89. The molecule has 2 rings (SSSR count). The summed E-state index contributed by atoms with van der Waals surface area (Å²) in [6, 6.07) is 5.43. The zero-order valence-corrected chi connectivity index (χ0v) is 11.1. The van der Waals surface area contributed by atoms with E-state index in [1.54, 1.807) is 38.7 Å². The van der Waals surface area contributed by atoms with Gasteiger partial charge in [0.05, 0.1) is 14.2 Å². The van der Waals surface area contributed by atoms with Gasteiger partial charge in [-0.25, -0.2) is 0 Å². The van der Waals surface area contributed by atoms with Crippen LogP contribution in [0.2, 0.25) is 0 Å². The van der Waals surface area contributed by atoms with Crippen LogP contribution in [-0.4, -0.2) is 25.5 Å². The normalized spacial score (nSPS) is 10.1. The van der Waals surface area contributed by atoms with E-state index < -0.39 is 0 Å². The lowest BCUT2D eigenvalue weighted by Crippen LogP contribution is -1.96. The number of aromatic nitrogens is 1. The molecule has 0 radical (unpaired) electrons. The van der Waals surface area contributed by atoms with E-state index in [9.17, 15) is 4.79 Å². The van der Waals surface area contributed by atoms with Crippen molar-refractivity contribution < 1.29 is 14.3 Å². The first-order valence-electron chi connectivity index (χ1n) is 5.82. The fourth-order valence-corrected chi connectivity index (χ4v) is 1.94. The molecule has 0 amide bonds. The van der Waals surface area contributed by atoms with Crippen LogP contribution in [0.25, 0.3) is 11.1 Å². The maximum Gasteiger partial charge on any atom is 0.161 e. The molecule has 0 spiro atoms. The van der Waals surface area contributed by atoms with Gasteiger partial charge in [-0.2, -0.15) is 0 Å². The number of benzene rings is 1. The number of carbonyl (C=O) groups excluding carboxylic acids is 1. The minimum Gasteiger partial charge on any atom is -0.493 e. The predicted molar refractivity (Wildman–Crippen MR) is 72.9 cm³/mol. The molecule has 0 N–H and O–H groups in total. The van der Waals surface area contributed by atoms with Gasteiger partial charge in [0.15, 0.2) is 17.8 Å². The molecule has 0 bridgehead atoms. The molecule has 0 aliphatic heterocycles. The maximum absolute atomic E-state index is 11.2. The van der Waals surface area contributed by atoms with Gasteiger partial charge in [-0.3, -0.25) is 9.78 Å². The highest BCUT2D eigenvalue weighted by Gasteiger charge is 2.12. The minimum absolute atomic E-state index is 0.536. The zero-order chi connectivity index (χ0) is 13.8.